The monoisotopic (exact) mass is 323 g/mol. The maximum atomic E-state index is 13.4. The zero-order valence-electron chi connectivity index (χ0n) is 10.6. The van der Waals surface area contributed by atoms with Gasteiger partial charge in [-0.15, -0.1) is 0 Å². The van der Waals surface area contributed by atoms with E-state index in [1.165, 1.54) is 6.07 Å². The average molecular weight is 324 g/mol. The lowest BCUT2D eigenvalue weighted by Crippen LogP contribution is -2.07. The number of benzene rings is 2. The summed E-state index contributed by atoms with van der Waals surface area (Å²) in [7, 11) is 1.89. The number of rotatable bonds is 5. The van der Waals surface area contributed by atoms with Gasteiger partial charge in [0.15, 0.2) is 0 Å². The Kier molecular flexibility index (Phi) is 4.93. The number of ether oxygens (including phenoxy) is 1. The van der Waals surface area contributed by atoms with Crippen molar-refractivity contribution in [2.24, 2.45) is 0 Å². The smallest absolute Gasteiger partial charge is 0.137 e. The molecule has 0 aliphatic heterocycles. The molecule has 0 aromatic heterocycles. The molecule has 0 spiro atoms. The van der Waals surface area contributed by atoms with Gasteiger partial charge in [0.05, 0.1) is 4.47 Å². The molecule has 0 aliphatic carbocycles. The Morgan fingerprint density at radius 1 is 1.11 bits per heavy atom. The Balaban J connectivity index is 2.12. The first-order valence-corrected chi connectivity index (χ1v) is 6.80. The lowest BCUT2D eigenvalue weighted by Gasteiger charge is -2.12. The van der Waals surface area contributed by atoms with E-state index >= 15 is 0 Å². The zero-order valence-corrected chi connectivity index (χ0v) is 12.2. The Labute approximate surface area is 120 Å². The van der Waals surface area contributed by atoms with Gasteiger partial charge < -0.3 is 10.1 Å². The van der Waals surface area contributed by atoms with E-state index in [0.717, 1.165) is 23.4 Å². The normalized spacial score (nSPS) is 10.5. The minimum Gasteiger partial charge on any atom is -0.489 e. The van der Waals surface area contributed by atoms with Crippen LogP contribution in [-0.4, -0.2) is 7.05 Å². The summed E-state index contributed by atoms with van der Waals surface area (Å²) in [6, 6.07) is 12.8. The van der Waals surface area contributed by atoms with E-state index in [1.54, 1.807) is 6.07 Å². The molecule has 2 aromatic carbocycles. The van der Waals surface area contributed by atoms with Crippen LogP contribution in [0.5, 0.6) is 5.75 Å². The first kappa shape index (κ1) is 14.0. The number of para-hydroxylation sites is 1. The predicted molar refractivity (Wildman–Crippen MR) is 77.6 cm³/mol. The molecular formula is C15H15BrFNO. The summed E-state index contributed by atoms with van der Waals surface area (Å²) >= 11 is 3.24. The second-order valence-electron chi connectivity index (χ2n) is 4.14. The fourth-order valence-corrected chi connectivity index (χ4v) is 2.18. The summed E-state index contributed by atoms with van der Waals surface area (Å²) in [5.41, 5.74) is 1.87. The molecule has 0 fully saturated rings. The van der Waals surface area contributed by atoms with Crippen molar-refractivity contribution in [3.05, 3.63) is 63.9 Å². The van der Waals surface area contributed by atoms with Gasteiger partial charge >= 0.3 is 0 Å². The minimum atomic E-state index is -0.274. The third-order valence-corrected chi connectivity index (χ3v) is 3.64. The predicted octanol–water partition coefficient (Wildman–Crippen LogP) is 3.89. The average Bonchev–Trinajstić information content (AvgIpc) is 2.42. The molecule has 100 valence electrons. The highest BCUT2D eigenvalue weighted by molar-refractivity contribution is 9.10. The van der Waals surface area contributed by atoms with Crippen molar-refractivity contribution in [1.29, 1.82) is 0 Å². The van der Waals surface area contributed by atoms with E-state index in [4.69, 9.17) is 4.74 Å². The Hall–Kier alpha value is -1.39. The van der Waals surface area contributed by atoms with Gasteiger partial charge in [-0.25, -0.2) is 4.39 Å². The lowest BCUT2D eigenvalue weighted by molar-refractivity contribution is 0.301. The minimum absolute atomic E-state index is 0.274. The molecule has 4 heteroatoms. The van der Waals surface area contributed by atoms with Gasteiger partial charge in [0.1, 0.15) is 18.2 Å². The maximum Gasteiger partial charge on any atom is 0.137 e. The third-order valence-electron chi connectivity index (χ3n) is 2.75. The first-order valence-electron chi connectivity index (χ1n) is 6.00. The van der Waals surface area contributed by atoms with Gasteiger partial charge in [-0.05, 0) is 35.1 Å². The van der Waals surface area contributed by atoms with Crippen LogP contribution in [0.25, 0.3) is 0 Å². The Morgan fingerprint density at radius 3 is 2.63 bits per heavy atom. The van der Waals surface area contributed by atoms with Crippen LogP contribution in [-0.2, 0) is 13.2 Å². The summed E-state index contributed by atoms with van der Waals surface area (Å²) in [5, 5.41) is 3.09. The van der Waals surface area contributed by atoms with Gasteiger partial charge in [-0.1, -0.05) is 30.3 Å². The van der Waals surface area contributed by atoms with Crippen molar-refractivity contribution in [2.45, 2.75) is 13.2 Å². The molecule has 0 saturated heterocycles. The number of hydrogen-bond acceptors (Lipinski definition) is 2. The van der Waals surface area contributed by atoms with Crippen LogP contribution >= 0.6 is 15.9 Å². The zero-order chi connectivity index (χ0) is 13.7. The standard InChI is InChI=1S/C15H15BrFNO/c1-18-9-11-5-2-3-8-14(11)19-10-12-6-4-7-13(17)15(12)16/h2-8,18H,9-10H2,1H3. The van der Waals surface area contributed by atoms with Crippen LogP contribution in [0.15, 0.2) is 46.9 Å². The van der Waals surface area contributed by atoms with Crippen LogP contribution in [0, 0.1) is 5.82 Å². The van der Waals surface area contributed by atoms with E-state index in [1.807, 2.05) is 37.4 Å². The molecule has 0 unspecified atom stereocenters. The molecule has 2 aromatic rings. The van der Waals surface area contributed by atoms with Crippen LogP contribution in [0.3, 0.4) is 0 Å². The molecule has 0 atom stereocenters. The lowest BCUT2D eigenvalue weighted by atomic mass is 10.2. The molecule has 0 bridgehead atoms. The summed E-state index contributed by atoms with van der Waals surface area (Å²) in [6.45, 7) is 1.07. The first-order chi connectivity index (χ1) is 9.22. The summed E-state index contributed by atoms with van der Waals surface area (Å²) in [6.07, 6.45) is 0. The highest BCUT2D eigenvalue weighted by atomic mass is 79.9. The highest BCUT2D eigenvalue weighted by Gasteiger charge is 2.07. The largest absolute Gasteiger partial charge is 0.489 e. The van der Waals surface area contributed by atoms with Crippen molar-refractivity contribution < 1.29 is 9.13 Å². The summed E-state index contributed by atoms with van der Waals surface area (Å²) in [5.74, 6) is 0.539. The molecule has 0 amide bonds. The van der Waals surface area contributed by atoms with Gasteiger partial charge in [0.25, 0.3) is 0 Å². The van der Waals surface area contributed by atoms with Gasteiger partial charge in [-0.3, -0.25) is 0 Å². The second kappa shape index (κ2) is 6.68. The Morgan fingerprint density at radius 2 is 1.84 bits per heavy atom. The van der Waals surface area contributed by atoms with E-state index in [0.29, 0.717) is 11.1 Å². The van der Waals surface area contributed by atoms with Crippen LogP contribution in [0.1, 0.15) is 11.1 Å². The van der Waals surface area contributed by atoms with E-state index in [-0.39, 0.29) is 5.82 Å². The van der Waals surface area contributed by atoms with E-state index in [2.05, 4.69) is 21.2 Å². The molecule has 19 heavy (non-hydrogen) atoms. The quantitative estimate of drug-likeness (QED) is 0.901. The third kappa shape index (κ3) is 3.55. The van der Waals surface area contributed by atoms with Gasteiger partial charge in [0.2, 0.25) is 0 Å². The number of nitrogens with one attached hydrogen (secondary N) is 1. The topological polar surface area (TPSA) is 21.3 Å². The fourth-order valence-electron chi connectivity index (χ4n) is 1.80. The molecular weight excluding hydrogens is 309 g/mol. The fraction of sp³-hybridized carbons (Fsp3) is 0.200. The Bertz CT molecular complexity index is 560. The second-order valence-corrected chi connectivity index (χ2v) is 4.93. The highest BCUT2D eigenvalue weighted by Crippen LogP contribution is 2.24. The molecule has 0 aliphatic rings. The van der Waals surface area contributed by atoms with Crippen LogP contribution in [0.4, 0.5) is 4.39 Å². The van der Waals surface area contributed by atoms with Crippen molar-refractivity contribution in [3.63, 3.8) is 0 Å². The van der Waals surface area contributed by atoms with E-state index < -0.39 is 0 Å². The maximum absolute atomic E-state index is 13.4. The number of hydrogen-bond donors (Lipinski definition) is 1. The molecule has 1 N–H and O–H groups in total. The van der Waals surface area contributed by atoms with E-state index in [9.17, 15) is 4.39 Å². The summed E-state index contributed by atoms with van der Waals surface area (Å²) in [4.78, 5) is 0. The van der Waals surface area contributed by atoms with Crippen molar-refractivity contribution in [1.82, 2.24) is 5.32 Å². The van der Waals surface area contributed by atoms with Crippen molar-refractivity contribution >= 4 is 15.9 Å². The molecule has 2 nitrogen and oxygen atoms in total. The number of halogens is 2. The van der Waals surface area contributed by atoms with Crippen molar-refractivity contribution in [2.75, 3.05) is 7.05 Å². The summed E-state index contributed by atoms with van der Waals surface area (Å²) < 4.78 is 19.6. The molecule has 0 saturated carbocycles. The molecule has 2 rings (SSSR count). The SMILES string of the molecule is CNCc1ccccc1OCc1cccc(F)c1Br. The van der Waals surface area contributed by atoms with Gasteiger partial charge in [0, 0.05) is 17.7 Å². The van der Waals surface area contributed by atoms with Crippen LogP contribution < -0.4 is 10.1 Å². The van der Waals surface area contributed by atoms with Crippen molar-refractivity contribution in [3.8, 4) is 5.75 Å². The van der Waals surface area contributed by atoms with Crippen LogP contribution in [0.2, 0.25) is 0 Å². The molecule has 0 radical (unpaired) electrons. The van der Waals surface area contributed by atoms with Gasteiger partial charge in [-0.2, -0.15) is 0 Å². The molecule has 0 heterocycles.